The van der Waals surface area contributed by atoms with E-state index in [0.717, 1.165) is 40.8 Å². The average molecular weight is 337 g/mol. The molecule has 0 spiro atoms. The monoisotopic (exact) mass is 336 g/mol. The maximum absolute atomic E-state index is 11.9. The third-order valence-corrected chi connectivity index (χ3v) is 4.47. The van der Waals surface area contributed by atoms with Crippen molar-refractivity contribution < 1.29 is 9.53 Å². The first-order valence-electron chi connectivity index (χ1n) is 6.90. The van der Waals surface area contributed by atoms with Crippen LogP contribution in [-0.4, -0.2) is 30.6 Å². The van der Waals surface area contributed by atoms with Gasteiger partial charge in [-0.15, -0.1) is 0 Å². The minimum atomic E-state index is -0.234. The van der Waals surface area contributed by atoms with Gasteiger partial charge in [0.25, 0.3) is 0 Å². The van der Waals surface area contributed by atoms with Gasteiger partial charge in [-0.3, -0.25) is 0 Å². The second-order valence-electron chi connectivity index (χ2n) is 5.26. The summed E-state index contributed by atoms with van der Waals surface area (Å²) in [7, 11) is 1.43. The van der Waals surface area contributed by atoms with Crippen molar-refractivity contribution in [2.24, 2.45) is 0 Å². The van der Waals surface area contributed by atoms with E-state index in [1.54, 1.807) is 0 Å². The normalized spacial score (nSPS) is 24.0. The summed E-state index contributed by atoms with van der Waals surface area (Å²) in [6.45, 7) is 1.05. The molecule has 5 heteroatoms. The number of hydrogen-bond acceptors (Lipinski definition) is 4. The summed E-state index contributed by atoms with van der Waals surface area (Å²) >= 11 is 3.46. The van der Waals surface area contributed by atoms with Crippen LogP contribution in [0.15, 0.2) is 22.3 Å². The fourth-order valence-electron chi connectivity index (χ4n) is 3.08. The molecule has 20 heavy (non-hydrogen) atoms. The van der Waals surface area contributed by atoms with E-state index in [9.17, 15) is 4.79 Å². The van der Waals surface area contributed by atoms with Crippen molar-refractivity contribution in [1.82, 2.24) is 4.98 Å². The summed E-state index contributed by atoms with van der Waals surface area (Å²) in [6, 6.07) is 2.50. The summed E-state index contributed by atoms with van der Waals surface area (Å²) < 4.78 is 5.81. The number of fused-ring (bicyclic) bond motifs is 3. The molecule has 0 amide bonds. The third-order valence-electron chi connectivity index (χ3n) is 4.04. The number of nitrogens with zero attached hydrogens (tertiary/aromatic N) is 2. The van der Waals surface area contributed by atoms with Gasteiger partial charge in [0.2, 0.25) is 0 Å². The SMILES string of the molecule is COC(=O)/C1=C/c2cc(Br)cnc2N2CCCC2CC1. The zero-order chi connectivity index (χ0) is 14.1. The van der Waals surface area contributed by atoms with Gasteiger partial charge >= 0.3 is 5.97 Å². The first kappa shape index (κ1) is 13.6. The Morgan fingerprint density at radius 3 is 3.15 bits per heavy atom. The van der Waals surface area contributed by atoms with E-state index in [0.29, 0.717) is 6.04 Å². The topological polar surface area (TPSA) is 42.4 Å². The van der Waals surface area contributed by atoms with Crippen LogP contribution < -0.4 is 4.90 Å². The number of esters is 1. The number of pyridine rings is 1. The number of rotatable bonds is 1. The van der Waals surface area contributed by atoms with Crippen LogP contribution in [0.5, 0.6) is 0 Å². The Hall–Kier alpha value is -1.36. The van der Waals surface area contributed by atoms with E-state index in [4.69, 9.17) is 4.74 Å². The fourth-order valence-corrected chi connectivity index (χ4v) is 3.43. The van der Waals surface area contributed by atoms with Crippen molar-refractivity contribution in [1.29, 1.82) is 0 Å². The Balaban J connectivity index is 2.09. The highest BCUT2D eigenvalue weighted by atomic mass is 79.9. The van der Waals surface area contributed by atoms with Gasteiger partial charge in [-0.2, -0.15) is 0 Å². The summed E-state index contributed by atoms with van der Waals surface area (Å²) in [6.07, 6.45) is 7.86. The van der Waals surface area contributed by atoms with E-state index in [1.807, 2.05) is 18.3 Å². The van der Waals surface area contributed by atoms with Crippen molar-refractivity contribution in [2.75, 3.05) is 18.6 Å². The highest BCUT2D eigenvalue weighted by Gasteiger charge is 2.29. The Labute approximate surface area is 127 Å². The number of ether oxygens (including phenoxy) is 1. The highest BCUT2D eigenvalue weighted by Crippen LogP contribution is 2.35. The lowest BCUT2D eigenvalue weighted by atomic mass is 9.99. The number of aromatic nitrogens is 1. The molecule has 3 heterocycles. The molecule has 1 aromatic heterocycles. The Kier molecular flexibility index (Phi) is 3.78. The predicted octanol–water partition coefficient (Wildman–Crippen LogP) is 3.16. The third kappa shape index (κ3) is 2.46. The summed E-state index contributed by atoms with van der Waals surface area (Å²) in [5.74, 6) is 0.749. The van der Waals surface area contributed by atoms with Crippen LogP contribution in [-0.2, 0) is 9.53 Å². The smallest absolute Gasteiger partial charge is 0.333 e. The number of anilines is 1. The zero-order valence-corrected chi connectivity index (χ0v) is 13.0. The van der Waals surface area contributed by atoms with Crippen molar-refractivity contribution in [3.63, 3.8) is 0 Å². The lowest BCUT2D eigenvalue weighted by Gasteiger charge is -2.29. The van der Waals surface area contributed by atoms with Crippen LogP contribution in [0.2, 0.25) is 0 Å². The molecule has 1 aromatic rings. The van der Waals surface area contributed by atoms with E-state index in [-0.39, 0.29) is 5.97 Å². The van der Waals surface area contributed by atoms with Gasteiger partial charge in [-0.1, -0.05) is 0 Å². The molecule has 1 unspecified atom stereocenters. The van der Waals surface area contributed by atoms with Crippen molar-refractivity contribution in [3.05, 3.63) is 27.9 Å². The maximum Gasteiger partial charge on any atom is 0.333 e. The number of carbonyl (C=O) groups excluding carboxylic acids is 1. The molecule has 0 N–H and O–H groups in total. The summed E-state index contributed by atoms with van der Waals surface area (Å²) in [4.78, 5) is 18.8. The Bertz CT molecular complexity index is 571. The molecule has 1 saturated heterocycles. The van der Waals surface area contributed by atoms with Crippen molar-refractivity contribution in [2.45, 2.75) is 31.7 Å². The van der Waals surface area contributed by atoms with Crippen LogP contribution in [0.25, 0.3) is 6.08 Å². The maximum atomic E-state index is 11.9. The Morgan fingerprint density at radius 2 is 2.35 bits per heavy atom. The molecule has 0 saturated carbocycles. The number of hydrogen-bond donors (Lipinski definition) is 0. The van der Waals surface area contributed by atoms with Crippen LogP contribution in [0.1, 0.15) is 31.2 Å². The van der Waals surface area contributed by atoms with E-state index in [1.165, 1.54) is 20.0 Å². The quantitative estimate of drug-likeness (QED) is 0.739. The molecule has 2 aliphatic rings. The van der Waals surface area contributed by atoms with Gasteiger partial charge in [-0.25, -0.2) is 9.78 Å². The van der Waals surface area contributed by atoms with Crippen LogP contribution >= 0.6 is 15.9 Å². The fraction of sp³-hybridized carbons (Fsp3) is 0.467. The van der Waals surface area contributed by atoms with E-state index < -0.39 is 0 Å². The molecular weight excluding hydrogens is 320 g/mol. The predicted molar refractivity (Wildman–Crippen MR) is 81.5 cm³/mol. The molecule has 4 nitrogen and oxygen atoms in total. The van der Waals surface area contributed by atoms with Gasteiger partial charge in [0.1, 0.15) is 5.82 Å². The molecule has 0 aromatic carbocycles. The van der Waals surface area contributed by atoms with Crippen LogP contribution in [0.3, 0.4) is 0 Å². The second-order valence-corrected chi connectivity index (χ2v) is 6.17. The van der Waals surface area contributed by atoms with Gasteiger partial charge in [0.05, 0.1) is 7.11 Å². The molecule has 1 fully saturated rings. The zero-order valence-electron chi connectivity index (χ0n) is 11.4. The molecule has 1 atom stereocenters. The Morgan fingerprint density at radius 1 is 1.50 bits per heavy atom. The molecule has 0 aliphatic carbocycles. The van der Waals surface area contributed by atoms with Gasteiger partial charge < -0.3 is 9.64 Å². The van der Waals surface area contributed by atoms with E-state index >= 15 is 0 Å². The minimum absolute atomic E-state index is 0.234. The minimum Gasteiger partial charge on any atom is -0.466 e. The van der Waals surface area contributed by atoms with Gasteiger partial charge in [-0.05, 0) is 53.8 Å². The number of methoxy groups -OCH3 is 1. The van der Waals surface area contributed by atoms with Crippen LogP contribution in [0.4, 0.5) is 5.82 Å². The standard InChI is InChI=1S/C15H17BrN2O2/c1-20-15(19)10-4-5-13-3-2-6-18(13)14-11(7-10)8-12(16)9-17-14/h7-9,13H,2-6H2,1H3/b10-7+. The number of halogens is 1. The first-order valence-corrected chi connectivity index (χ1v) is 7.69. The number of carbonyl (C=O) groups is 1. The lowest BCUT2D eigenvalue weighted by Crippen LogP contribution is -2.31. The summed E-state index contributed by atoms with van der Waals surface area (Å²) in [5.41, 5.74) is 1.73. The average Bonchev–Trinajstić information content (AvgIpc) is 2.88. The highest BCUT2D eigenvalue weighted by molar-refractivity contribution is 9.10. The van der Waals surface area contributed by atoms with Gasteiger partial charge in [0.15, 0.2) is 0 Å². The van der Waals surface area contributed by atoms with Crippen molar-refractivity contribution >= 4 is 33.8 Å². The van der Waals surface area contributed by atoms with Crippen molar-refractivity contribution in [3.8, 4) is 0 Å². The van der Waals surface area contributed by atoms with Gasteiger partial charge in [0, 0.05) is 34.4 Å². The molecule has 106 valence electrons. The molecule has 3 rings (SSSR count). The molecular formula is C15H17BrN2O2. The molecule has 0 radical (unpaired) electrons. The first-order chi connectivity index (χ1) is 9.69. The second kappa shape index (κ2) is 5.56. The lowest BCUT2D eigenvalue weighted by molar-refractivity contribution is -0.136. The van der Waals surface area contributed by atoms with Crippen LogP contribution in [0, 0.1) is 0 Å². The molecule has 2 aliphatic heterocycles. The van der Waals surface area contributed by atoms with E-state index in [2.05, 4.69) is 25.8 Å². The largest absolute Gasteiger partial charge is 0.466 e. The summed E-state index contributed by atoms with van der Waals surface area (Å²) in [5, 5.41) is 0. The molecule has 0 bridgehead atoms.